The third-order valence-electron chi connectivity index (χ3n) is 7.91. The molecular formula is C41H32Cl2Zr-2. The largest absolute Gasteiger partial charge is 1.00 e. The fraction of sp³-hybridized carbons (Fsp3) is 0.0488. The molecule has 0 nitrogen and oxygen atoms in total. The first-order chi connectivity index (χ1) is 20.6. The summed E-state index contributed by atoms with van der Waals surface area (Å²) in [4.78, 5) is 0. The van der Waals surface area contributed by atoms with Crippen LogP contribution in [0.1, 0.15) is 11.1 Å². The summed E-state index contributed by atoms with van der Waals surface area (Å²) in [6.07, 6.45) is 0. The molecule has 0 unspecified atom stereocenters. The second-order valence-electron chi connectivity index (χ2n) is 10.8. The van der Waals surface area contributed by atoms with Crippen molar-refractivity contribution < 1.29 is 49.0 Å². The first-order valence-corrected chi connectivity index (χ1v) is 16.0. The SMILES string of the molecule is Cc1cc2c(-c3ccc4ccccc4c3)cccc2[cH-]1.Cc1cc2c(-c3ccc4ccccc4c3)cccc2[cH-]1.[CH2]=[Zr+2].[Cl-].[Cl-]. The van der Waals surface area contributed by atoms with Crippen LogP contribution in [0.2, 0.25) is 0 Å². The number of halogens is 2. The topological polar surface area (TPSA) is 0 Å². The van der Waals surface area contributed by atoms with Gasteiger partial charge in [0.05, 0.1) is 0 Å². The Labute approximate surface area is 287 Å². The van der Waals surface area contributed by atoms with Crippen LogP contribution in [0.25, 0.3) is 65.3 Å². The molecule has 8 aromatic rings. The molecule has 0 bridgehead atoms. The molecule has 0 fully saturated rings. The van der Waals surface area contributed by atoms with Crippen LogP contribution >= 0.6 is 0 Å². The van der Waals surface area contributed by atoms with Gasteiger partial charge in [0, 0.05) is 0 Å². The predicted octanol–water partition coefficient (Wildman–Crippen LogP) is 5.35. The molecule has 8 aromatic carbocycles. The van der Waals surface area contributed by atoms with E-state index in [1.807, 2.05) is 0 Å². The molecule has 216 valence electrons. The molecule has 0 saturated heterocycles. The van der Waals surface area contributed by atoms with Gasteiger partial charge in [-0.3, -0.25) is 0 Å². The zero-order chi connectivity index (χ0) is 29.1. The molecule has 0 saturated carbocycles. The fourth-order valence-electron chi connectivity index (χ4n) is 5.99. The molecule has 44 heavy (non-hydrogen) atoms. The molecular weight excluding hydrogens is 655 g/mol. The van der Waals surface area contributed by atoms with E-state index in [9.17, 15) is 0 Å². The van der Waals surface area contributed by atoms with Crippen molar-refractivity contribution in [3.63, 3.8) is 0 Å². The Morgan fingerprint density at radius 1 is 0.432 bits per heavy atom. The summed E-state index contributed by atoms with van der Waals surface area (Å²) in [6.45, 7) is 4.31. The molecule has 0 atom stereocenters. The predicted molar refractivity (Wildman–Crippen MR) is 182 cm³/mol. The minimum absolute atomic E-state index is 0. The van der Waals surface area contributed by atoms with Gasteiger partial charge in [-0.1, -0.05) is 110 Å². The van der Waals surface area contributed by atoms with E-state index in [0.717, 1.165) is 0 Å². The van der Waals surface area contributed by atoms with Gasteiger partial charge < -0.3 is 24.8 Å². The summed E-state index contributed by atoms with van der Waals surface area (Å²) in [5, 5.41) is 10.5. The average Bonchev–Trinajstić information content (AvgIpc) is 3.62. The van der Waals surface area contributed by atoms with Crippen molar-refractivity contribution in [3.05, 3.63) is 157 Å². The number of rotatable bonds is 2. The van der Waals surface area contributed by atoms with Gasteiger partial charge in [0.2, 0.25) is 0 Å². The van der Waals surface area contributed by atoms with Gasteiger partial charge in [-0.15, -0.1) is 69.1 Å². The first-order valence-electron chi connectivity index (χ1n) is 14.3. The van der Waals surface area contributed by atoms with Crippen molar-refractivity contribution in [2.45, 2.75) is 13.8 Å². The molecule has 0 heterocycles. The van der Waals surface area contributed by atoms with Crippen molar-refractivity contribution in [1.82, 2.24) is 0 Å². The molecule has 0 amide bonds. The Morgan fingerprint density at radius 3 is 1.23 bits per heavy atom. The van der Waals surface area contributed by atoms with Crippen LogP contribution < -0.4 is 24.8 Å². The summed E-state index contributed by atoms with van der Waals surface area (Å²) >= 11 is 1.30. The van der Waals surface area contributed by atoms with Gasteiger partial charge >= 0.3 is 28.4 Å². The van der Waals surface area contributed by atoms with Crippen molar-refractivity contribution in [2.75, 3.05) is 0 Å². The van der Waals surface area contributed by atoms with Gasteiger partial charge in [0.25, 0.3) is 0 Å². The fourth-order valence-corrected chi connectivity index (χ4v) is 5.99. The van der Waals surface area contributed by atoms with Crippen molar-refractivity contribution in [1.29, 1.82) is 0 Å². The number of fused-ring (bicyclic) bond motifs is 4. The van der Waals surface area contributed by atoms with E-state index < -0.39 is 0 Å². The molecule has 0 spiro atoms. The molecule has 3 heteroatoms. The third kappa shape index (κ3) is 6.87. The number of aryl methyl sites for hydroxylation is 2. The number of hydrogen-bond donors (Lipinski definition) is 0. The maximum atomic E-state index is 3.34. The van der Waals surface area contributed by atoms with Crippen LogP contribution in [-0.2, 0) is 24.2 Å². The van der Waals surface area contributed by atoms with E-state index >= 15 is 0 Å². The van der Waals surface area contributed by atoms with Gasteiger partial charge in [-0.2, -0.15) is 12.1 Å². The van der Waals surface area contributed by atoms with Gasteiger partial charge in [0.15, 0.2) is 0 Å². The smallest absolute Gasteiger partial charge is 1.00 e. The van der Waals surface area contributed by atoms with Crippen molar-refractivity contribution >= 4 is 47.3 Å². The molecule has 8 rings (SSSR count). The summed E-state index contributed by atoms with van der Waals surface area (Å²) in [5.74, 6) is 0. The van der Waals surface area contributed by atoms with E-state index in [-0.39, 0.29) is 24.8 Å². The van der Waals surface area contributed by atoms with E-state index in [4.69, 9.17) is 0 Å². The number of hydrogen-bond acceptors (Lipinski definition) is 0. The molecule has 0 N–H and O–H groups in total. The minimum Gasteiger partial charge on any atom is -1.00 e. The van der Waals surface area contributed by atoms with Gasteiger partial charge in [0.1, 0.15) is 0 Å². The molecule has 0 radical (unpaired) electrons. The Morgan fingerprint density at radius 2 is 0.818 bits per heavy atom. The molecule has 0 aliphatic carbocycles. The summed E-state index contributed by atoms with van der Waals surface area (Å²) in [5.41, 5.74) is 7.88. The Kier molecular flexibility index (Phi) is 11.3. The maximum Gasteiger partial charge on any atom is -1.00 e. The Bertz CT molecular complexity index is 2010. The minimum atomic E-state index is 0. The quantitative estimate of drug-likeness (QED) is 0.216. The van der Waals surface area contributed by atoms with E-state index in [0.29, 0.717) is 0 Å². The summed E-state index contributed by atoms with van der Waals surface area (Å²) in [7, 11) is 0. The van der Waals surface area contributed by atoms with Gasteiger partial charge in [-0.25, -0.2) is 0 Å². The monoisotopic (exact) mass is 684 g/mol. The Balaban J connectivity index is 0.000000182. The number of benzene rings is 6. The van der Waals surface area contributed by atoms with Crippen LogP contribution in [0.4, 0.5) is 0 Å². The van der Waals surface area contributed by atoms with E-state index in [2.05, 4.69) is 164 Å². The Hall–Kier alpha value is -3.61. The van der Waals surface area contributed by atoms with E-state index in [1.165, 1.54) is 101 Å². The summed E-state index contributed by atoms with van der Waals surface area (Å²) in [6, 6.07) is 52.6. The second-order valence-corrected chi connectivity index (χ2v) is 10.8. The zero-order valence-electron chi connectivity index (χ0n) is 24.8. The van der Waals surface area contributed by atoms with Crippen molar-refractivity contribution in [2.24, 2.45) is 0 Å². The average molecular weight is 687 g/mol. The molecule has 0 aliphatic heterocycles. The summed E-state index contributed by atoms with van der Waals surface area (Å²) < 4.78 is 3.34. The maximum absolute atomic E-state index is 3.34. The van der Waals surface area contributed by atoms with E-state index in [1.54, 1.807) is 0 Å². The van der Waals surface area contributed by atoms with Crippen LogP contribution in [0.5, 0.6) is 0 Å². The van der Waals surface area contributed by atoms with Crippen LogP contribution in [0.3, 0.4) is 0 Å². The normalized spacial score (nSPS) is 10.4. The third-order valence-corrected chi connectivity index (χ3v) is 7.91. The first kappa shape index (κ1) is 33.3. The second kappa shape index (κ2) is 14.9. The van der Waals surface area contributed by atoms with Crippen LogP contribution in [0.15, 0.2) is 146 Å². The molecule has 0 aliphatic rings. The van der Waals surface area contributed by atoms with Crippen LogP contribution in [-0.4, -0.2) is 4.21 Å². The van der Waals surface area contributed by atoms with Crippen molar-refractivity contribution in [3.8, 4) is 22.3 Å². The molecule has 0 aromatic heterocycles. The van der Waals surface area contributed by atoms with Gasteiger partial charge in [-0.05, 0) is 44.8 Å². The standard InChI is InChI=1S/2C20H15.CH2.2ClH.Zr/c2*1-14-11-17-7-4-8-19(20(17)12-14)18-10-9-15-5-2-3-6-16(15)13-18;;;;/h2*2-13H,1H3;1H2;2*1H;/q2*-1;;;;+2/p-2. The zero-order valence-corrected chi connectivity index (χ0v) is 28.8. The van der Waals surface area contributed by atoms with Crippen LogP contribution in [0, 0.1) is 13.8 Å².